The van der Waals surface area contributed by atoms with Crippen molar-refractivity contribution in [3.8, 4) is 0 Å². The van der Waals surface area contributed by atoms with Crippen molar-refractivity contribution in [2.75, 3.05) is 19.8 Å². The first-order chi connectivity index (χ1) is 10.7. The predicted octanol–water partition coefficient (Wildman–Crippen LogP) is 2.22. The zero-order valence-electron chi connectivity index (χ0n) is 13.1. The fourth-order valence-electron chi connectivity index (χ4n) is 2.75. The minimum absolute atomic E-state index is 0.0183. The molecular weight excluding hydrogens is 280 g/mol. The van der Waals surface area contributed by atoms with E-state index in [2.05, 4.69) is 10.6 Å². The van der Waals surface area contributed by atoms with Gasteiger partial charge >= 0.3 is 6.03 Å². The molecule has 5 heteroatoms. The van der Waals surface area contributed by atoms with Crippen LogP contribution in [0.2, 0.25) is 0 Å². The van der Waals surface area contributed by atoms with E-state index < -0.39 is 0 Å². The number of benzene rings is 1. The van der Waals surface area contributed by atoms with Gasteiger partial charge in [0.25, 0.3) is 0 Å². The summed E-state index contributed by atoms with van der Waals surface area (Å²) in [6.45, 7) is 3.32. The van der Waals surface area contributed by atoms with Crippen molar-refractivity contribution in [3.05, 3.63) is 35.9 Å². The fourth-order valence-corrected chi connectivity index (χ4v) is 2.75. The largest absolute Gasteiger partial charge is 0.394 e. The maximum atomic E-state index is 12.1. The number of urea groups is 1. The molecule has 2 atom stereocenters. The van der Waals surface area contributed by atoms with E-state index in [1.165, 1.54) is 0 Å². The van der Waals surface area contributed by atoms with Gasteiger partial charge in [0.1, 0.15) is 0 Å². The van der Waals surface area contributed by atoms with Crippen molar-refractivity contribution >= 4 is 6.03 Å². The molecule has 122 valence electrons. The third-order valence-corrected chi connectivity index (χ3v) is 4.07. The minimum atomic E-state index is -0.250. The van der Waals surface area contributed by atoms with Gasteiger partial charge in [0, 0.05) is 13.2 Å². The van der Waals surface area contributed by atoms with Crippen molar-refractivity contribution < 1.29 is 14.6 Å². The Balaban J connectivity index is 1.99. The molecule has 1 fully saturated rings. The SMILES string of the molecule is C[C@@H](CO)NC(=O)NC(CC1CCOCC1)c1ccccc1. The van der Waals surface area contributed by atoms with Gasteiger partial charge in [-0.15, -0.1) is 0 Å². The van der Waals surface area contributed by atoms with Crippen molar-refractivity contribution in [2.24, 2.45) is 5.92 Å². The Morgan fingerprint density at radius 1 is 1.27 bits per heavy atom. The van der Waals surface area contributed by atoms with Crippen LogP contribution in [0.3, 0.4) is 0 Å². The monoisotopic (exact) mass is 306 g/mol. The van der Waals surface area contributed by atoms with Gasteiger partial charge < -0.3 is 20.5 Å². The van der Waals surface area contributed by atoms with Crippen LogP contribution in [0.25, 0.3) is 0 Å². The number of hydrogen-bond acceptors (Lipinski definition) is 3. The van der Waals surface area contributed by atoms with Gasteiger partial charge in [-0.05, 0) is 37.7 Å². The van der Waals surface area contributed by atoms with Crippen LogP contribution in [0, 0.1) is 5.92 Å². The van der Waals surface area contributed by atoms with Crippen LogP contribution >= 0.6 is 0 Å². The van der Waals surface area contributed by atoms with Gasteiger partial charge in [0.05, 0.1) is 18.7 Å². The highest BCUT2D eigenvalue weighted by molar-refractivity contribution is 5.74. The number of carbonyl (C=O) groups is 1. The predicted molar refractivity (Wildman–Crippen MR) is 85.6 cm³/mol. The number of amides is 2. The lowest BCUT2D eigenvalue weighted by molar-refractivity contribution is 0.0608. The zero-order valence-corrected chi connectivity index (χ0v) is 13.1. The van der Waals surface area contributed by atoms with Gasteiger partial charge in [-0.1, -0.05) is 30.3 Å². The number of aliphatic hydroxyl groups excluding tert-OH is 1. The average molecular weight is 306 g/mol. The third-order valence-electron chi connectivity index (χ3n) is 4.07. The van der Waals surface area contributed by atoms with E-state index in [0.29, 0.717) is 5.92 Å². The fraction of sp³-hybridized carbons (Fsp3) is 0.588. The second-order valence-electron chi connectivity index (χ2n) is 5.96. The summed E-state index contributed by atoms with van der Waals surface area (Å²) in [5.74, 6) is 0.564. The number of hydrogen-bond donors (Lipinski definition) is 3. The van der Waals surface area contributed by atoms with E-state index in [0.717, 1.165) is 38.0 Å². The second-order valence-corrected chi connectivity index (χ2v) is 5.96. The molecular formula is C17H26N2O3. The molecule has 0 aromatic heterocycles. The summed E-state index contributed by atoms with van der Waals surface area (Å²) in [6, 6.07) is 9.53. The maximum absolute atomic E-state index is 12.1. The summed E-state index contributed by atoms with van der Waals surface area (Å²) >= 11 is 0. The van der Waals surface area contributed by atoms with Crippen LogP contribution in [-0.4, -0.2) is 37.0 Å². The topological polar surface area (TPSA) is 70.6 Å². The molecule has 0 radical (unpaired) electrons. The first-order valence-electron chi connectivity index (χ1n) is 7.99. The Bertz CT molecular complexity index is 446. The smallest absolute Gasteiger partial charge is 0.315 e. The molecule has 1 aliphatic rings. The molecule has 0 saturated carbocycles. The summed E-state index contributed by atoms with van der Waals surface area (Å²) in [4.78, 5) is 12.1. The molecule has 22 heavy (non-hydrogen) atoms. The van der Waals surface area contributed by atoms with Crippen LogP contribution < -0.4 is 10.6 Å². The highest BCUT2D eigenvalue weighted by atomic mass is 16.5. The molecule has 1 unspecified atom stereocenters. The first kappa shape index (κ1) is 16.8. The summed E-state index contributed by atoms with van der Waals surface area (Å²) in [7, 11) is 0. The van der Waals surface area contributed by atoms with Crippen LogP contribution in [0.1, 0.15) is 37.8 Å². The van der Waals surface area contributed by atoms with Gasteiger partial charge in [-0.25, -0.2) is 4.79 Å². The van der Waals surface area contributed by atoms with Crippen LogP contribution in [0.4, 0.5) is 4.79 Å². The molecule has 0 bridgehead atoms. The lowest BCUT2D eigenvalue weighted by Gasteiger charge is -2.28. The normalized spacial score (nSPS) is 18.5. The highest BCUT2D eigenvalue weighted by Gasteiger charge is 2.22. The summed E-state index contributed by atoms with van der Waals surface area (Å²) in [5.41, 5.74) is 1.11. The first-order valence-corrected chi connectivity index (χ1v) is 7.99. The maximum Gasteiger partial charge on any atom is 0.315 e. The quantitative estimate of drug-likeness (QED) is 0.755. The lowest BCUT2D eigenvalue weighted by atomic mass is 9.89. The van der Waals surface area contributed by atoms with Gasteiger partial charge in [0.2, 0.25) is 0 Å². The van der Waals surface area contributed by atoms with Crippen molar-refractivity contribution in [2.45, 2.75) is 38.3 Å². The summed E-state index contributed by atoms with van der Waals surface area (Å²) in [6.07, 6.45) is 2.99. The molecule has 1 saturated heterocycles. The Morgan fingerprint density at radius 2 is 1.95 bits per heavy atom. The van der Waals surface area contributed by atoms with E-state index in [1.54, 1.807) is 6.92 Å². The highest BCUT2D eigenvalue weighted by Crippen LogP contribution is 2.27. The molecule has 2 rings (SSSR count). The number of carbonyl (C=O) groups excluding carboxylic acids is 1. The van der Waals surface area contributed by atoms with E-state index in [4.69, 9.17) is 9.84 Å². The van der Waals surface area contributed by atoms with Crippen molar-refractivity contribution in [3.63, 3.8) is 0 Å². The van der Waals surface area contributed by atoms with Crippen molar-refractivity contribution in [1.29, 1.82) is 0 Å². The summed E-state index contributed by atoms with van der Waals surface area (Å²) < 4.78 is 5.41. The van der Waals surface area contributed by atoms with E-state index >= 15 is 0 Å². The minimum Gasteiger partial charge on any atom is -0.394 e. The Labute approximate surface area is 132 Å². The molecule has 0 aliphatic carbocycles. The lowest BCUT2D eigenvalue weighted by Crippen LogP contribution is -2.44. The molecule has 1 heterocycles. The number of rotatable bonds is 6. The zero-order chi connectivity index (χ0) is 15.8. The van der Waals surface area contributed by atoms with Gasteiger partial charge in [-0.3, -0.25) is 0 Å². The van der Waals surface area contributed by atoms with Crippen LogP contribution in [0.15, 0.2) is 30.3 Å². The van der Waals surface area contributed by atoms with Crippen LogP contribution in [-0.2, 0) is 4.74 Å². The Kier molecular flexibility index (Phi) is 6.68. The number of aliphatic hydroxyl groups is 1. The van der Waals surface area contributed by atoms with Crippen LogP contribution in [0.5, 0.6) is 0 Å². The van der Waals surface area contributed by atoms with E-state index in [-0.39, 0.29) is 24.7 Å². The standard InChI is InChI=1S/C17H26N2O3/c1-13(12-20)18-17(21)19-16(15-5-3-2-4-6-15)11-14-7-9-22-10-8-14/h2-6,13-14,16,20H,7-12H2,1H3,(H2,18,19,21)/t13-,16?/m0/s1. The average Bonchev–Trinajstić information content (AvgIpc) is 2.56. The summed E-state index contributed by atoms with van der Waals surface area (Å²) in [5, 5.41) is 14.8. The van der Waals surface area contributed by atoms with Crippen molar-refractivity contribution in [1.82, 2.24) is 10.6 Å². The molecule has 1 aromatic carbocycles. The van der Waals surface area contributed by atoms with E-state index in [9.17, 15) is 4.79 Å². The molecule has 1 aromatic rings. The molecule has 1 aliphatic heterocycles. The molecule has 0 spiro atoms. The van der Waals surface area contributed by atoms with Gasteiger partial charge in [0.15, 0.2) is 0 Å². The van der Waals surface area contributed by atoms with E-state index in [1.807, 2.05) is 30.3 Å². The second kappa shape index (κ2) is 8.76. The Hall–Kier alpha value is -1.59. The third kappa shape index (κ3) is 5.31. The molecule has 5 nitrogen and oxygen atoms in total. The Morgan fingerprint density at radius 3 is 2.59 bits per heavy atom. The molecule has 2 amide bonds. The number of nitrogens with one attached hydrogen (secondary N) is 2. The molecule has 3 N–H and O–H groups in total. The number of ether oxygens (including phenoxy) is 1. The van der Waals surface area contributed by atoms with Gasteiger partial charge in [-0.2, -0.15) is 0 Å².